The predicted molar refractivity (Wildman–Crippen MR) is 71.0 cm³/mol. The van der Waals surface area contributed by atoms with Gasteiger partial charge in [0.25, 0.3) is 0 Å². The lowest BCUT2D eigenvalue weighted by Gasteiger charge is -2.08. The van der Waals surface area contributed by atoms with Crippen molar-refractivity contribution in [3.8, 4) is 5.69 Å². The van der Waals surface area contributed by atoms with Gasteiger partial charge in [0.2, 0.25) is 0 Å². The van der Waals surface area contributed by atoms with Gasteiger partial charge in [-0.25, -0.2) is 4.79 Å². The Morgan fingerprint density at radius 1 is 1.17 bits per heavy atom. The molecule has 0 aliphatic heterocycles. The standard InChI is InChI=1S/C14H18N2O2/c1-10(2)15-7-8-16(14(15)18)13-6-4-5-12(9-13)11(3)17/h4-11,17H,1-3H3. The fraction of sp³-hybridized carbons (Fsp3) is 0.357. The van der Waals surface area contributed by atoms with E-state index in [-0.39, 0.29) is 11.7 Å². The van der Waals surface area contributed by atoms with Gasteiger partial charge in [0.1, 0.15) is 0 Å². The Bertz CT molecular complexity index is 594. The zero-order valence-electron chi connectivity index (χ0n) is 10.9. The molecule has 1 aromatic heterocycles. The summed E-state index contributed by atoms with van der Waals surface area (Å²) < 4.78 is 3.26. The normalized spacial score (nSPS) is 12.9. The molecular weight excluding hydrogens is 228 g/mol. The molecule has 0 radical (unpaired) electrons. The molecule has 2 rings (SSSR count). The molecule has 1 unspecified atom stereocenters. The summed E-state index contributed by atoms with van der Waals surface area (Å²) in [5, 5.41) is 9.57. The highest BCUT2D eigenvalue weighted by Gasteiger charge is 2.09. The summed E-state index contributed by atoms with van der Waals surface area (Å²) >= 11 is 0. The molecule has 4 heteroatoms. The van der Waals surface area contributed by atoms with Gasteiger partial charge in [0.05, 0.1) is 11.8 Å². The van der Waals surface area contributed by atoms with E-state index in [0.29, 0.717) is 0 Å². The van der Waals surface area contributed by atoms with E-state index in [1.807, 2.05) is 38.1 Å². The lowest BCUT2D eigenvalue weighted by atomic mass is 10.1. The minimum Gasteiger partial charge on any atom is -0.389 e. The van der Waals surface area contributed by atoms with Crippen LogP contribution in [-0.4, -0.2) is 14.2 Å². The molecule has 0 amide bonds. The molecule has 1 N–H and O–H groups in total. The Labute approximate surface area is 106 Å². The molecule has 1 aromatic carbocycles. The predicted octanol–water partition coefficient (Wildman–Crippen LogP) is 2.27. The first kappa shape index (κ1) is 12.6. The molecule has 0 saturated heterocycles. The number of aromatic nitrogens is 2. The number of nitrogens with zero attached hydrogens (tertiary/aromatic N) is 2. The summed E-state index contributed by atoms with van der Waals surface area (Å²) in [6.07, 6.45) is 3.00. The van der Waals surface area contributed by atoms with Crippen molar-refractivity contribution >= 4 is 0 Å². The van der Waals surface area contributed by atoms with Gasteiger partial charge >= 0.3 is 5.69 Å². The summed E-state index contributed by atoms with van der Waals surface area (Å²) in [7, 11) is 0. The van der Waals surface area contributed by atoms with Crippen molar-refractivity contribution in [1.82, 2.24) is 9.13 Å². The Hall–Kier alpha value is -1.81. The van der Waals surface area contributed by atoms with Crippen molar-refractivity contribution in [2.45, 2.75) is 32.9 Å². The van der Waals surface area contributed by atoms with E-state index in [1.165, 1.54) is 0 Å². The third kappa shape index (κ3) is 2.24. The van der Waals surface area contributed by atoms with Gasteiger partial charge in [0, 0.05) is 18.4 Å². The van der Waals surface area contributed by atoms with Crippen LogP contribution in [0, 0.1) is 0 Å². The van der Waals surface area contributed by atoms with Crippen molar-refractivity contribution in [2.75, 3.05) is 0 Å². The van der Waals surface area contributed by atoms with Crippen LogP contribution >= 0.6 is 0 Å². The zero-order valence-corrected chi connectivity index (χ0v) is 10.9. The average molecular weight is 246 g/mol. The third-order valence-electron chi connectivity index (χ3n) is 2.99. The van der Waals surface area contributed by atoms with Crippen LogP contribution in [-0.2, 0) is 0 Å². The first-order valence-corrected chi connectivity index (χ1v) is 6.08. The fourth-order valence-electron chi connectivity index (χ4n) is 1.91. The van der Waals surface area contributed by atoms with E-state index in [2.05, 4.69) is 0 Å². The lowest BCUT2D eigenvalue weighted by molar-refractivity contribution is 0.199. The number of imidazole rings is 1. The highest BCUT2D eigenvalue weighted by molar-refractivity contribution is 5.36. The number of aliphatic hydroxyl groups is 1. The summed E-state index contributed by atoms with van der Waals surface area (Å²) in [5.41, 5.74) is 1.52. The maximum Gasteiger partial charge on any atom is 0.332 e. The Morgan fingerprint density at radius 2 is 1.89 bits per heavy atom. The molecule has 18 heavy (non-hydrogen) atoms. The number of hydrogen-bond acceptors (Lipinski definition) is 2. The van der Waals surface area contributed by atoms with E-state index in [1.54, 1.807) is 28.5 Å². The number of aliphatic hydroxyl groups excluding tert-OH is 1. The Balaban J connectivity index is 2.49. The van der Waals surface area contributed by atoms with E-state index in [9.17, 15) is 9.90 Å². The van der Waals surface area contributed by atoms with Crippen molar-refractivity contribution in [1.29, 1.82) is 0 Å². The molecule has 0 aliphatic rings. The largest absolute Gasteiger partial charge is 0.389 e. The first-order chi connectivity index (χ1) is 8.50. The minimum atomic E-state index is -0.534. The summed E-state index contributed by atoms with van der Waals surface area (Å²) in [4.78, 5) is 12.2. The van der Waals surface area contributed by atoms with Gasteiger partial charge in [0.15, 0.2) is 0 Å². The van der Waals surface area contributed by atoms with E-state index in [0.717, 1.165) is 11.3 Å². The van der Waals surface area contributed by atoms with Gasteiger partial charge in [-0.3, -0.25) is 9.13 Å². The van der Waals surface area contributed by atoms with Crippen LogP contribution in [0.4, 0.5) is 0 Å². The summed E-state index contributed by atoms with van der Waals surface area (Å²) in [5.74, 6) is 0. The monoisotopic (exact) mass is 246 g/mol. The van der Waals surface area contributed by atoms with Crippen molar-refractivity contribution in [3.63, 3.8) is 0 Å². The lowest BCUT2D eigenvalue weighted by Crippen LogP contribution is -2.24. The van der Waals surface area contributed by atoms with Gasteiger partial charge < -0.3 is 5.11 Å². The molecule has 1 atom stereocenters. The maximum absolute atomic E-state index is 12.2. The molecule has 0 fully saturated rings. The summed E-state index contributed by atoms with van der Waals surface area (Å²) in [6, 6.07) is 7.52. The van der Waals surface area contributed by atoms with E-state index >= 15 is 0 Å². The average Bonchev–Trinajstić information content (AvgIpc) is 2.71. The molecular formula is C14H18N2O2. The molecule has 0 spiro atoms. The highest BCUT2D eigenvalue weighted by atomic mass is 16.3. The molecule has 1 heterocycles. The van der Waals surface area contributed by atoms with Crippen molar-refractivity contribution in [3.05, 3.63) is 52.7 Å². The fourth-order valence-corrected chi connectivity index (χ4v) is 1.91. The van der Waals surface area contributed by atoms with Crippen LogP contribution < -0.4 is 5.69 Å². The van der Waals surface area contributed by atoms with Gasteiger partial charge in [-0.15, -0.1) is 0 Å². The number of benzene rings is 1. The minimum absolute atomic E-state index is 0.0623. The first-order valence-electron chi connectivity index (χ1n) is 6.08. The van der Waals surface area contributed by atoms with Gasteiger partial charge in [-0.2, -0.15) is 0 Å². The van der Waals surface area contributed by atoms with Crippen LogP contribution in [0.15, 0.2) is 41.5 Å². The second-order valence-corrected chi connectivity index (χ2v) is 4.72. The Kier molecular flexibility index (Phi) is 3.39. The third-order valence-corrected chi connectivity index (χ3v) is 2.99. The smallest absolute Gasteiger partial charge is 0.332 e. The van der Waals surface area contributed by atoms with E-state index in [4.69, 9.17) is 0 Å². The van der Waals surface area contributed by atoms with Crippen molar-refractivity contribution < 1.29 is 5.11 Å². The maximum atomic E-state index is 12.2. The van der Waals surface area contributed by atoms with Crippen LogP contribution in [0.3, 0.4) is 0 Å². The van der Waals surface area contributed by atoms with E-state index < -0.39 is 6.10 Å². The number of rotatable bonds is 3. The Morgan fingerprint density at radius 3 is 2.44 bits per heavy atom. The highest BCUT2D eigenvalue weighted by Crippen LogP contribution is 2.15. The van der Waals surface area contributed by atoms with Crippen LogP contribution in [0.1, 0.15) is 38.5 Å². The summed E-state index contributed by atoms with van der Waals surface area (Å²) in [6.45, 7) is 5.65. The second kappa shape index (κ2) is 4.82. The molecule has 2 aromatic rings. The van der Waals surface area contributed by atoms with Crippen LogP contribution in [0.5, 0.6) is 0 Å². The molecule has 0 saturated carbocycles. The van der Waals surface area contributed by atoms with Gasteiger partial charge in [-0.05, 0) is 38.5 Å². The SMILES string of the molecule is CC(O)c1cccc(-n2ccn(C(C)C)c2=O)c1. The quantitative estimate of drug-likeness (QED) is 0.903. The molecule has 4 nitrogen and oxygen atoms in total. The van der Waals surface area contributed by atoms with Gasteiger partial charge in [-0.1, -0.05) is 12.1 Å². The second-order valence-electron chi connectivity index (χ2n) is 4.72. The molecule has 0 bridgehead atoms. The van der Waals surface area contributed by atoms with Crippen LogP contribution in [0.2, 0.25) is 0 Å². The molecule has 96 valence electrons. The molecule has 0 aliphatic carbocycles. The van der Waals surface area contributed by atoms with Crippen LogP contribution in [0.25, 0.3) is 5.69 Å². The topological polar surface area (TPSA) is 47.2 Å². The zero-order chi connectivity index (χ0) is 13.3. The van der Waals surface area contributed by atoms with Crippen molar-refractivity contribution in [2.24, 2.45) is 0 Å². The number of hydrogen-bond donors (Lipinski definition) is 1.